The number of pyridine rings is 1. The highest BCUT2D eigenvalue weighted by Gasteiger charge is 2.28. The summed E-state index contributed by atoms with van der Waals surface area (Å²) in [5, 5.41) is 3.24. The molecule has 1 aromatic rings. The van der Waals surface area contributed by atoms with Gasteiger partial charge in [0.2, 0.25) is 5.91 Å². The van der Waals surface area contributed by atoms with E-state index in [1.54, 1.807) is 0 Å². The first-order valence-electron chi connectivity index (χ1n) is 7.78. The van der Waals surface area contributed by atoms with E-state index in [1.165, 1.54) is 18.5 Å². The summed E-state index contributed by atoms with van der Waals surface area (Å²) in [6.45, 7) is 1.87. The predicted molar refractivity (Wildman–Crippen MR) is 79.6 cm³/mol. The van der Waals surface area contributed by atoms with Gasteiger partial charge in [0.1, 0.15) is 0 Å². The maximum Gasteiger partial charge on any atom is 0.225 e. The van der Waals surface area contributed by atoms with Gasteiger partial charge in [-0.3, -0.25) is 9.78 Å². The number of aromatic nitrogens is 1. The quantitative estimate of drug-likeness (QED) is 0.919. The number of piperidine rings is 1. The lowest BCUT2D eigenvalue weighted by Crippen LogP contribution is -2.45. The lowest BCUT2D eigenvalue weighted by Gasteiger charge is -2.34. The van der Waals surface area contributed by atoms with Crippen molar-refractivity contribution < 1.29 is 4.79 Å². The van der Waals surface area contributed by atoms with E-state index in [9.17, 15) is 4.79 Å². The van der Waals surface area contributed by atoms with Crippen molar-refractivity contribution >= 4 is 11.6 Å². The second kappa shape index (κ2) is 6.25. The van der Waals surface area contributed by atoms with E-state index in [0.29, 0.717) is 6.04 Å². The Balaban J connectivity index is 1.58. The zero-order valence-corrected chi connectivity index (χ0v) is 11.9. The summed E-state index contributed by atoms with van der Waals surface area (Å²) in [4.78, 5) is 18.7. The third-order valence-electron chi connectivity index (χ3n) is 4.52. The van der Waals surface area contributed by atoms with E-state index < -0.39 is 0 Å². The van der Waals surface area contributed by atoms with Crippen LogP contribution in [0.4, 0.5) is 5.69 Å². The molecule has 1 aliphatic carbocycles. The van der Waals surface area contributed by atoms with Gasteiger partial charge in [-0.05, 0) is 37.8 Å². The molecule has 108 valence electrons. The highest BCUT2D eigenvalue weighted by atomic mass is 16.2. The minimum atomic E-state index is 0.137. The van der Waals surface area contributed by atoms with Gasteiger partial charge in [-0.1, -0.05) is 12.8 Å². The normalized spacial score (nSPS) is 23.8. The molecule has 0 aromatic carbocycles. The van der Waals surface area contributed by atoms with Crippen molar-refractivity contribution in [3.8, 4) is 0 Å². The van der Waals surface area contributed by atoms with Crippen molar-refractivity contribution in [3.05, 3.63) is 24.5 Å². The molecule has 2 fully saturated rings. The standard InChI is InChI=1S/C16H23N3O/c20-16(18-14-5-1-2-6-14)13-4-3-11-19(12-13)15-7-9-17-10-8-15/h7-10,13-14H,1-6,11-12H2,(H,18,20). The van der Waals surface area contributed by atoms with E-state index >= 15 is 0 Å². The number of rotatable bonds is 3. The average Bonchev–Trinajstić information content (AvgIpc) is 3.01. The van der Waals surface area contributed by atoms with E-state index in [1.807, 2.05) is 24.5 Å². The van der Waals surface area contributed by atoms with Crippen LogP contribution < -0.4 is 10.2 Å². The van der Waals surface area contributed by atoms with Crippen LogP contribution in [0.5, 0.6) is 0 Å². The molecule has 1 aliphatic heterocycles. The number of nitrogens with one attached hydrogen (secondary N) is 1. The van der Waals surface area contributed by atoms with Gasteiger partial charge in [0.25, 0.3) is 0 Å². The van der Waals surface area contributed by atoms with Crippen molar-refractivity contribution in [2.45, 2.75) is 44.6 Å². The SMILES string of the molecule is O=C(NC1CCCC1)C1CCCN(c2ccncc2)C1. The van der Waals surface area contributed by atoms with Gasteiger partial charge in [-0.15, -0.1) is 0 Å². The number of anilines is 1. The van der Waals surface area contributed by atoms with Gasteiger partial charge in [0.05, 0.1) is 5.92 Å². The number of carbonyl (C=O) groups is 1. The molecule has 1 amide bonds. The zero-order chi connectivity index (χ0) is 13.8. The van der Waals surface area contributed by atoms with Crippen LogP contribution in [0, 0.1) is 5.92 Å². The summed E-state index contributed by atoms with van der Waals surface area (Å²) in [7, 11) is 0. The van der Waals surface area contributed by atoms with E-state index in [-0.39, 0.29) is 11.8 Å². The minimum absolute atomic E-state index is 0.137. The fourth-order valence-corrected chi connectivity index (χ4v) is 3.37. The Morgan fingerprint density at radius 1 is 1.15 bits per heavy atom. The van der Waals surface area contributed by atoms with Gasteiger partial charge in [0, 0.05) is 37.2 Å². The minimum Gasteiger partial charge on any atom is -0.371 e. The van der Waals surface area contributed by atoms with Gasteiger partial charge >= 0.3 is 0 Å². The largest absolute Gasteiger partial charge is 0.371 e. The van der Waals surface area contributed by atoms with Crippen LogP contribution >= 0.6 is 0 Å². The molecule has 1 unspecified atom stereocenters. The number of hydrogen-bond donors (Lipinski definition) is 1. The van der Waals surface area contributed by atoms with Crippen molar-refractivity contribution in [2.24, 2.45) is 5.92 Å². The molecule has 1 saturated carbocycles. The molecule has 0 bridgehead atoms. The van der Waals surface area contributed by atoms with Crippen LogP contribution in [-0.2, 0) is 4.79 Å². The molecule has 0 radical (unpaired) electrons. The van der Waals surface area contributed by atoms with E-state index in [4.69, 9.17) is 0 Å². The van der Waals surface area contributed by atoms with Crippen molar-refractivity contribution in [3.63, 3.8) is 0 Å². The summed E-state index contributed by atoms with van der Waals surface area (Å²) in [6.07, 6.45) is 10.6. The van der Waals surface area contributed by atoms with Crippen LogP contribution in [0.15, 0.2) is 24.5 Å². The van der Waals surface area contributed by atoms with E-state index in [2.05, 4.69) is 15.2 Å². The third-order valence-corrected chi connectivity index (χ3v) is 4.52. The third kappa shape index (κ3) is 3.11. The number of hydrogen-bond acceptors (Lipinski definition) is 3. The molecule has 4 heteroatoms. The smallest absolute Gasteiger partial charge is 0.225 e. The Morgan fingerprint density at radius 3 is 2.65 bits per heavy atom. The second-order valence-electron chi connectivity index (χ2n) is 5.98. The summed E-state index contributed by atoms with van der Waals surface area (Å²) in [5.74, 6) is 0.396. The fourth-order valence-electron chi connectivity index (χ4n) is 3.37. The Morgan fingerprint density at radius 2 is 1.90 bits per heavy atom. The molecular weight excluding hydrogens is 250 g/mol. The Bertz CT molecular complexity index is 442. The van der Waals surface area contributed by atoms with Gasteiger partial charge in [0.15, 0.2) is 0 Å². The molecule has 1 N–H and O–H groups in total. The monoisotopic (exact) mass is 273 g/mol. The first-order chi connectivity index (χ1) is 9.83. The summed E-state index contributed by atoms with van der Waals surface area (Å²) in [5.41, 5.74) is 1.18. The average molecular weight is 273 g/mol. The molecule has 0 spiro atoms. The maximum atomic E-state index is 12.4. The topological polar surface area (TPSA) is 45.2 Å². The molecule has 4 nitrogen and oxygen atoms in total. The van der Waals surface area contributed by atoms with Crippen LogP contribution in [0.3, 0.4) is 0 Å². The van der Waals surface area contributed by atoms with Crippen molar-refractivity contribution in [1.82, 2.24) is 10.3 Å². The van der Waals surface area contributed by atoms with Crippen LogP contribution in [0.25, 0.3) is 0 Å². The zero-order valence-electron chi connectivity index (χ0n) is 11.9. The van der Waals surface area contributed by atoms with E-state index in [0.717, 1.165) is 38.8 Å². The molecule has 20 heavy (non-hydrogen) atoms. The summed E-state index contributed by atoms with van der Waals surface area (Å²) < 4.78 is 0. The predicted octanol–water partition coefficient (Wildman–Crippen LogP) is 2.36. The molecule has 1 atom stereocenters. The number of nitrogens with zero attached hydrogens (tertiary/aromatic N) is 2. The number of amides is 1. The summed E-state index contributed by atoms with van der Waals surface area (Å²) in [6, 6.07) is 4.48. The van der Waals surface area contributed by atoms with Gasteiger partial charge in [-0.25, -0.2) is 0 Å². The summed E-state index contributed by atoms with van der Waals surface area (Å²) >= 11 is 0. The lowest BCUT2D eigenvalue weighted by molar-refractivity contribution is -0.125. The molecular formula is C16H23N3O. The first-order valence-corrected chi connectivity index (χ1v) is 7.78. The molecule has 1 saturated heterocycles. The molecule has 2 heterocycles. The Labute approximate surface area is 120 Å². The highest BCUT2D eigenvalue weighted by molar-refractivity contribution is 5.80. The highest BCUT2D eigenvalue weighted by Crippen LogP contribution is 2.24. The van der Waals surface area contributed by atoms with Gasteiger partial charge in [-0.2, -0.15) is 0 Å². The number of carbonyl (C=O) groups excluding carboxylic acids is 1. The van der Waals surface area contributed by atoms with Crippen LogP contribution in [-0.4, -0.2) is 30.0 Å². The molecule has 2 aliphatic rings. The van der Waals surface area contributed by atoms with Crippen molar-refractivity contribution in [2.75, 3.05) is 18.0 Å². The maximum absolute atomic E-state index is 12.4. The van der Waals surface area contributed by atoms with Crippen LogP contribution in [0.2, 0.25) is 0 Å². The molecule has 1 aromatic heterocycles. The Hall–Kier alpha value is -1.58. The fraction of sp³-hybridized carbons (Fsp3) is 0.625. The first kappa shape index (κ1) is 13.4. The molecule has 3 rings (SSSR count). The van der Waals surface area contributed by atoms with Crippen LogP contribution in [0.1, 0.15) is 38.5 Å². The Kier molecular flexibility index (Phi) is 4.19. The van der Waals surface area contributed by atoms with Crippen molar-refractivity contribution in [1.29, 1.82) is 0 Å². The lowest BCUT2D eigenvalue weighted by atomic mass is 9.96. The second-order valence-corrected chi connectivity index (χ2v) is 5.98. The van der Waals surface area contributed by atoms with Gasteiger partial charge < -0.3 is 10.2 Å².